The molecule has 0 atom stereocenters. The van der Waals surface area contributed by atoms with E-state index in [1.165, 1.54) is 28.0 Å². The molecule has 0 heterocycles. The van der Waals surface area contributed by atoms with Crippen LogP contribution >= 0.6 is 0 Å². The molecule has 1 heteroatoms. The van der Waals surface area contributed by atoms with Crippen molar-refractivity contribution in [2.45, 2.75) is 26.8 Å². The highest BCUT2D eigenvalue weighted by Gasteiger charge is 2.09. The van der Waals surface area contributed by atoms with E-state index in [-0.39, 0.29) is 0 Å². The lowest BCUT2D eigenvalue weighted by Gasteiger charge is -2.28. The zero-order valence-corrected chi connectivity index (χ0v) is 17.0. The Morgan fingerprint density at radius 3 is 1.93 bits per heavy atom. The molecule has 0 bridgehead atoms. The molecule has 3 aromatic carbocycles. The summed E-state index contributed by atoms with van der Waals surface area (Å²) in [5.74, 6) is 0. The van der Waals surface area contributed by atoms with Crippen molar-refractivity contribution < 1.29 is 0 Å². The largest absolute Gasteiger partial charge is 0.365 e. The van der Waals surface area contributed by atoms with Crippen LogP contribution in [0, 0.1) is 0 Å². The zero-order valence-electron chi connectivity index (χ0n) is 17.0. The van der Waals surface area contributed by atoms with Crippen molar-refractivity contribution in [1.82, 2.24) is 0 Å². The van der Waals surface area contributed by atoms with Crippen LogP contribution in [-0.4, -0.2) is 12.6 Å². The quantitative estimate of drug-likeness (QED) is 0.398. The second kappa shape index (κ2) is 9.75. The fourth-order valence-corrected chi connectivity index (χ4v) is 3.37. The number of nitrogens with zero attached hydrogens (tertiary/aromatic N) is 1. The Bertz CT molecular complexity index is 903. The predicted octanol–water partition coefficient (Wildman–Crippen LogP) is 7.23. The smallest absolute Gasteiger partial charge is 0.0371 e. The number of hydrogen-bond acceptors (Lipinski definition) is 1. The third kappa shape index (κ3) is 5.01. The Hall–Kier alpha value is -3.06. The Labute approximate surface area is 169 Å². The van der Waals surface area contributed by atoms with E-state index in [1.807, 2.05) is 0 Å². The molecule has 142 valence electrons. The zero-order chi connectivity index (χ0) is 19.8. The number of benzene rings is 3. The molecule has 28 heavy (non-hydrogen) atoms. The summed E-state index contributed by atoms with van der Waals surface area (Å²) in [7, 11) is 0. The minimum absolute atomic E-state index is 0.429. The van der Waals surface area contributed by atoms with Gasteiger partial charge in [0, 0.05) is 18.3 Å². The highest BCUT2D eigenvalue weighted by atomic mass is 15.1. The van der Waals surface area contributed by atoms with Crippen molar-refractivity contribution in [1.29, 1.82) is 0 Å². The molecule has 0 aliphatic rings. The van der Waals surface area contributed by atoms with Crippen molar-refractivity contribution in [3.05, 3.63) is 109 Å². The molecule has 0 spiro atoms. The molecule has 1 nitrogen and oxygen atoms in total. The van der Waals surface area contributed by atoms with Gasteiger partial charge in [0.2, 0.25) is 0 Å². The summed E-state index contributed by atoms with van der Waals surface area (Å²) in [6, 6.07) is 30.4. The van der Waals surface area contributed by atoms with Gasteiger partial charge in [-0.05, 0) is 55.2 Å². The third-order valence-electron chi connectivity index (χ3n) is 4.95. The number of rotatable bonds is 7. The van der Waals surface area contributed by atoms with Crippen LogP contribution in [-0.2, 0) is 0 Å². The van der Waals surface area contributed by atoms with Crippen LogP contribution in [0.15, 0.2) is 103 Å². The normalized spacial score (nSPS) is 11.9. The molecule has 0 N–H and O–H groups in total. The first kappa shape index (κ1) is 19.7. The lowest BCUT2D eigenvalue weighted by atomic mass is 10.0. The van der Waals surface area contributed by atoms with E-state index in [9.17, 15) is 0 Å². The number of anilines is 1. The van der Waals surface area contributed by atoms with Gasteiger partial charge in [0.15, 0.2) is 0 Å². The van der Waals surface area contributed by atoms with Gasteiger partial charge in [0.1, 0.15) is 0 Å². The summed E-state index contributed by atoms with van der Waals surface area (Å²) in [6.45, 7) is 7.46. The fourth-order valence-electron chi connectivity index (χ4n) is 3.37. The van der Waals surface area contributed by atoms with Gasteiger partial charge in [-0.15, -0.1) is 0 Å². The molecule has 0 saturated heterocycles. The molecule has 0 aromatic heterocycles. The molecular weight excluding hydrogens is 338 g/mol. The number of hydrogen-bond donors (Lipinski definition) is 0. The van der Waals surface area contributed by atoms with E-state index in [0.717, 1.165) is 6.54 Å². The number of allylic oxidation sites excluding steroid dienone is 3. The molecule has 0 aliphatic heterocycles. The maximum absolute atomic E-state index is 2.42. The standard InChI is InChI=1S/C27H29N/c1-4-23(24-12-7-5-8-13-24)16-11-21-28(22(2)3)27-19-17-26(18-20-27)25-14-9-6-10-15-25/h4-20,22H,21H2,1-3H3/b16-11-,23-4+. The predicted molar refractivity (Wildman–Crippen MR) is 124 cm³/mol. The first-order valence-electron chi connectivity index (χ1n) is 9.99. The van der Waals surface area contributed by atoms with Crippen LogP contribution in [0.5, 0.6) is 0 Å². The van der Waals surface area contributed by atoms with E-state index in [2.05, 4.69) is 129 Å². The summed E-state index contributed by atoms with van der Waals surface area (Å²) < 4.78 is 0. The molecule has 0 amide bonds. The van der Waals surface area contributed by atoms with Crippen LogP contribution in [0.25, 0.3) is 16.7 Å². The lowest BCUT2D eigenvalue weighted by molar-refractivity contribution is 0.723. The van der Waals surface area contributed by atoms with Gasteiger partial charge in [-0.3, -0.25) is 0 Å². The van der Waals surface area contributed by atoms with E-state index < -0.39 is 0 Å². The average molecular weight is 368 g/mol. The molecule has 0 aliphatic carbocycles. The fraction of sp³-hybridized carbons (Fsp3) is 0.185. The monoisotopic (exact) mass is 367 g/mol. The molecule has 0 unspecified atom stereocenters. The van der Waals surface area contributed by atoms with Crippen molar-refractivity contribution in [2.75, 3.05) is 11.4 Å². The van der Waals surface area contributed by atoms with E-state index in [1.54, 1.807) is 0 Å². The van der Waals surface area contributed by atoms with Crippen molar-refractivity contribution in [3.8, 4) is 11.1 Å². The van der Waals surface area contributed by atoms with Crippen LogP contribution in [0.4, 0.5) is 5.69 Å². The first-order chi connectivity index (χ1) is 13.7. The topological polar surface area (TPSA) is 3.24 Å². The van der Waals surface area contributed by atoms with Gasteiger partial charge in [-0.25, -0.2) is 0 Å². The maximum Gasteiger partial charge on any atom is 0.0371 e. The molecule has 0 fully saturated rings. The van der Waals surface area contributed by atoms with Gasteiger partial charge in [0.25, 0.3) is 0 Å². The van der Waals surface area contributed by atoms with Gasteiger partial charge >= 0.3 is 0 Å². The van der Waals surface area contributed by atoms with Crippen LogP contribution in [0.2, 0.25) is 0 Å². The minimum Gasteiger partial charge on any atom is -0.365 e. The van der Waals surface area contributed by atoms with Crippen molar-refractivity contribution >= 4 is 11.3 Å². The van der Waals surface area contributed by atoms with E-state index >= 15 is 0 Å². The van der Waals surface area contributed by atoms with E-state index in [0.29, 0.717) is 6.04 Å². The second-order valence-electron chi connectivity index (χ2n) is 7.17. The van der Waals surface area contributed by atoms with Gasteiger partial charge in [-0.2, -0.15) is 0 Å². The summed E-state index contributed by atoms with van der Waals surface area (Å²) in [6.07, 6.45) is 6.65. The van der Waals surface area contributed by atoms with Crippen molar-refractivity contribution in [3.63, 3.8) is 0 Å². The Balaban J connectivity index is 1.73. The Morgan fingerprint density at radius 1 is 0.786 bits per heavy atom. The molecule has 3 rings (SSSR count). The lowest BCUT2D eigenvalue weighted by Crippen LogP contribution is -2.30. The average Bonchev–Trinajstić information content (AvgIpc) is 2.75. The summed E-state index contributed by atoms with van der Waals surface area (Å²) in [5, 5.41) is 0. The minimum atomic E-state index is 0.429. The second-order valence-corrected chi connectivity index (χ2v) is 7.17. The van der Waals surface area contributed by atoms with Crippen LogP contribution in [0.3, 0.4) is 0 Å². The van der Waals surface area contributed by atoms with Crippen LogP contribution in [0.1, 0.15) is 26.3 Å². The molecule has 0 saturated carbocycles. The van der Waals surface area contributed by atoms with Crippen LogP contribution < -0.4 is 4.90 Å². The van der Waals surface area contributed by atoms with Gasteiger partial charge in [0.05, 0.1) is 0 Å². The van der Waals surface area contributed by atoms with Gasteiger partial charge < -0.3 is 4.90 Å². The molecule has 0 radical (unpaired) electrons. The Morgan fingerprint density at radius 2 is 1.36 bits per heavy atom. The summed E-state index contributed by atoms with van der Waals surface area (Å²) in [4.78, 5) is 2.42. The first-order valence-corrected chi connectivity index (χ1v) is 9.99. The van der Waals surface area contributed by atoms with Gasteiger partial charge in [-0.1, -0.05) is 91.0 Å². The highest BCUT2D eigenvalue weighted by molar-refractivity contribution is 5.73. The SMILES string of the molecule is C/C=C(\C=C/CN(c1ccc(-c2ccccc2)cc1)C(C)C)c1ccccc1. The molecule has 3 aromatic rings. The third-order valence-corrected chi connectivity index (χ3v) is 4.95. The maximum atomic E-state index is 2.42. The highest BCUT2D eigenvalue weighted by Crippen LogP contribution is 2.24. The summed E-state index contributed by atoms with van der Waals surface area (Å²) in [5.41, 5.74) is 6.27. The summed E-state index contributed by atoms with van der Waals surface area (Å²) >= 11 is 0. The van der Waals surface area contributed by atoms with Crippen molar-refractivity contribution in [2.24, 2.45) is 0 Å². The Kier molecular flexibility index (Phi) is 6.86. The molecular formula is C27H29N. The van der Waals surface area contributed by atoms with E-state index in [4.69, 9.17) is 0 Å².